The molecule has 88 valence electrons. The number of hydrogen-bond donors (Lipinski definition) is 0. The van der Waals surface area contributed by atoms with Crippen LogP contribution in [0.15, 0.2) is 35.0 Å². The molecule has 17 heavy (non-hydrogen) atoms. The quantitative estimate of drug-likeness (QED) is 0.815. The summed E-state index contributed by atoms with van der Waals surface area (Å²) in [7, 11) is 0. The van der Waals surface area contributed by atoms with Gasteiger partial charge in [0.25, 0.3) is 0 Å². The predicted molar refractivity (Wildman–Crippen MR) is 63.1 cm³/mol. The number of rotatable bonds is 4. The lowest BCUT2D eigenvalue weighted by Gasteiger charge is -2.02. The monoisotopic (exact) mass is 252 g/mol. The van der Waals surface area contributed by atoms with Gasteiger partial charge >= 0.3 is 0 Å². The van der Waals surface area contributed by atoms with E-state index < -0.39 is 11.6 Å². The lowest BCUT2D eigenvalue weighted by Crippen LogP contribution is -2.07. The minimum Gasteiger partial charge on any atom is -0.299 e. The summed E-state index contributed by atoms with van der Waals surface area (Å²) in [5.41, 5.74) is 1.03. The molecule has 1 nitrogen and oxygen atoms in total. The van der Waals surface area contributed by atoms with Crippen LogP contribution in [-0.4, -0.2) is 5.78 Å². The fourth-order valence-electron chi connectivity index (χ4n) is 1.57. The highest BCUT2D eigenvalue weighted by atomic mass is 32.1. The van der Waals surface area contributed by atoms with Crippen molar-refractivity contribution in [2.24, 2.45) is 0 Å². The van der Waals surface area contributed by atoms with Crippen LogP contribution in [0.3, 0.4) is 0 Å². The number of hydrogen-bond acceptors (Lipinski definition) is 2. The third-order valence-electron chi connectivity index (χ3n) is 2.38. The van der Waals surface area contributed by atoms with Gasteiger partial charge in [-0.1, -0.05) is 0 Å². The first-order chi connectivity index (χ1) is 8.15. The van der Waals surface area contributed by atoms with Crippen LogP contribution in [0.4, 0.5) is 8.78 Å². The Balaban J connectivity index is 2.05. The Morgan fingerprint density at radius 2 is 2.00 bits per heavy atom. The van der Waals surface area contributed by atoms with Crippen molar-refractivity contribution in [1.82, 2.24) is 0 Å². The SMILES string of the molecule is O=C(Cc1ccsc1)Cc1cc(F)ccc1F. The van der Waals surface area contributed by atoms with Gasteiger partial charge in [0.1, 0.15) is 17.4 Å². The molecule has 1 heterocycles. The van der Waals surface area contributed by atoms with E-state index in [1.807, 2.05) is 16.8 Å². The molecule has 4 heteroatoms. The van der Waals surface area contributed by atoms with Gasteiger partial charge in [0.2, 0.25) is 0 Å². The van der Waals surface area contributed by atoms with E-state index in [1.54, 1.807) is 0 Å². The maximum Gasteiger partial charge on any atom is 0.141 e. The van der Waals surface area contributed by atoms with Gasteiger partial charge in [-0.2, -0.15) is 11.3 Å². The van der Waals surface area contributed by atoms with E-state index in [0.717, 1.165) is 23.8 Å². The molecule has 0 N–H and O–H groups in total. The molecule has 0 unspecified atom stereocenters. The standard InChI is InChI=1S/C13H10F2OS/c14-11-1-2-13(15)10(6-11)7-12(16)5-9-3-4-17-8-9/h1-4,6,8H,5,7H2. The number of halogens is 2. The van der Waals surface area contributed by atoms with Crippen molar-refractivity contribution >= 4 is 17.1 Å². The first kappa shape index (κ1) is 11.9. The van der Waals surface area contributed by atoms with Crippen LogP contribution in [0.25, 0.3) is 0 Å². The molecule has 1 aromatic carbocycles. The van der Waals surface area contributed by atoms with Gasteiger partial charge in [0.05, 0.1) is 0 Å². The average Bonchev–Trinajstić information content (AvgIpc) is 2.76. The molecular formula is C13H10F2OS. The third-order valence-corrected chi connectivity index (χ3v) is 3.11. The zero-order valence-corrected chi connectivity index (χ0v) is 9.77. The fraction of sp³-hybridized carbons (Fsp3) is 0.154. The van der Waals surface area contributed by atoms with Crippen molar-refractivity contribution in [1.29, 1.82) is 0 Å². The second kappa shape index (κ2) is 5.19. The topological polar surface area (TPSA) is 17.1 Å². The Kier molecular flexibility index (Phi) is 3.64. The Labute approximate surface area is 102 Å². The van der Waals surface area contributed by atoms with Gasteiger partial charge in [0, 0.05) is 12.8 Å². The minimum atomic E-state index is -0.537. The number of Topliss-reactive ketones (excluding diaryl/α,β-unsaturated/α-hetero) is 1. The molecule has 0 bridgehead atoms. The molecule has 0 saturated heterocycles. The van der Waals surface area contributed by atoms with E-state index in [0.29, 0.717) is 0 Å². The van der Waals surface area contributed by atoms with Crippen LogP contribution in [0.2, 0.25) is 0 Å². The molecular weight excluding hydrogens is 242 g/mol. The molecule has 2 rings (SSSR count). The van der Waals surface area contributed by atoms with Crippen molar-refractivity contribution in [3.8, 4) is 0 Å². The molecule has 2 aromatic rings. The number of ketones is 1. The summed E-state index contributed by atoms with van der Waals surface area (Å²) in [6, 6.07) is 5.01. The number of carbonyl (C=O) groups is 1. The molecule has 0 aliphatic carbocycles. The van der Waals surface area contributed by atoms with Crippen molar-refractivity contribution in [3.63, 3.8) is 0 Å². The molecule has 0 amide bonds. The van der Waals surface area contributed by atoms with E-state index in [1.165, 1.54) is 11.3 Å². The maximum absolute atomic E-state index is 13.3. The first-order valence-electron chi connectivity index (χ1n) is 5.12. The number of thiophene rings is 1. The summed E-state index contributed by atoms with van der Waals surface area (Å²) < 4.78 is 26.2. The summed E-state index contributed by atoms with van der Waals surface area (Å²) >= 11 is 1.51. The predicted octanol–water partition coefficient (Wildman–Crippen LogP) is 3.38. The van der Waals surface area contributed by atoms with Gasteiger partial charge in [-0.05, 0) is 46.2 Å². The molecule has 1 aromatic heterocycles. The summed E-state index contributed by atoms with van der Waals surface area (Å²) in [4.78, 5) is 11.7. The average molecular weight is 252 g/mol. The van der Waals surface area contributed by atoms with Crippen LogP contribution in [0.1, 0.15) is 11.1 Å². The van der Waals surface area contributed by atoms with E-state index in [-0.39, 0.29) is 24.2 Å². The molecule has 0 fully saturated rings. The van der Waals surface area contributed by atoms with E-state index in [4.69, 9.17) is 0 Å². The van der Waals surface area contributed by atoms with E-state index in [9.17, 15) is 13.6 Å². The first-order valence-corrected chi connectivity index (χ1v) is 6.06. The normalized spacial score (nSPS) is 10.5. The van der Waals surface area contributed by atoms with Crippen molar-refractivity contribution in [2.45, 2.75) is 12.8 Å². The zero-order valence-electron chi connectivity index (χ0n) is 8.95. The van der Waals surface area contributed by atoms with Gasteiger partial charge in [0.15, 0.2) is 0 Å². The highest BCUT2D eigenvalue weighted by Crippen LogP contribution is 2.13. The van der Waals surface area contributed by atoms with Gasteiger partial charge in [-0.3, -0.25) is 4.79 Å². The lowest BCUT2D eigenvalue weighted by molar-refractivity contribution is -0.117. The number of benzene rings is 1. The summed E-state index contributed by atoms with van der Waals surface area (Å²) in [6.07, 6.45) is 0.193. The van der Waals surface area contributed by atoms with Crippen LogP contribution in [0, 0.1) is 11.6 Å². The van der Waals surface area contributed by atoms with Crippen molar-refractivity contribution < 1.29 is 13.6 Å². The Morgan fingerprint density at radius 3 is 2.71 bits per heavy atom. The Bertz CT molecular complexity index is 520. The molecule has 0 atom stereocenters. The maximum atomic E-state index is 13.3. The fourth-order valence-corrected chi connectivity index (χ4v) is 2.24. The minimum absolute atomic E-state index is 0.0700. The second-order valence-electron chi connectivity index (χ2n) is 3.76. The Hall–Kier alpha value is -1.55. The molecule has 0 spiro atoms. The summed E-state index contributed by atoms with van der Waals surface area (Å²) in [5.74, 6) is -1.18. The lowest BCUT2D eigenvalue weighted by atomic mass is 10.0. The van der Waals surface area contributed by atoms with Crippen LogP contribution in [-0.2, 0) is 17.6 Å². The largest absolute Gasteiger partial charge is 0.299 e. The van der Waals surface area contributed by atoms with E-state index in [2.05, 4.69) is 0 Å². The third kappa shape index (κ3) is 3.20. The number of carbonyl (C=O) groups excluding carboxylic acids is 1. The van der Waals surface area contributed by atoms with Gasteiger partial charge in [-0.15, -0.1) is 0 Å². The van der Waals surface area contributed by atoms with Crippen LogP contribution >= 0.6 is 11.3 Å². The highest BCUT2D eigenvalue weighted by Gasteiger charge is 2.10. The zero-order chi connectivity index (χ0) is 12.3. The van der Waals surface area contributed by atoms with Crippen LogP contribution < -0.4 is 0 Å². The molecule has 0 aliphatic heterocycles. The van der Waals surface area contributed by atoms with Crippen molar-refractivity contribution in [3.05, 3.63) is 57.8 Å². The van der Waals surface area contributed by atoms with Gasteiger partial charge in [-0.25, -0.2) is 8.78 Å². The van der Waals surface area contributed by atoms with Crippen LogP contribution in [0.5, 0.6) is 0 Å². The second-order valence-corrected chi connectivity index (χ2v) is 4.54. The molecule has 0 radical (unpaired) electrons. The Morgan fingerprint density at radius 1 is 1.18 bits per heavy atom. The van der Waals surface area contributed by atoms with E-state index >= 15 is 0 Å². The summed E-state index contributed by atoms with van der Waals surface area (Å²) in [5, 5.41) is 3.76. The summed E-state index contributed by atoms with van der Waals surface area (Å²) in [6.45, 7) is 0. The van der Waals surface area contributed by atoms with Crippen molar-refractivity contribution in [2.75, 3.05) is 0 Å². The van der Waals surface area contributed by atoms with Gasteiger partial charge < -0.3 is 0 Å². The highest BCUT2D eigenvalue weighted by molar-refractivity contribution is 7.07. The molecule has 0 aliphatic rings. The smallest absolute Gasteiger partial charge is 0.141 e. The molecule has 0 saturated carbocycles.